The summed E-state index contributed by atoms with van der Waals surface area (Å²) in [5.74, 6) is -1.46. The summed E-state index contributed by atoms with van der Waals surface area (Å²) in [6.07, 6.45) is 2.37. The van der Waals surface area contributed by atoms with Gasteiger partial charge in [0, 0.05) is 19.1 Å². The lowest BCUT2D eigenvalue weighted by Gasteiger charge is -2.27. The molecule has 0 aliphatic carbocycles. The fourth-order valence-electron chi connectivity index (χ4n) is 3.75. The number of likely N-dealkylation sites (tertiary alicyclic amines) is 1. The molecule has 0 unspecified atom stereocenters. The van der Waals surface area contributed by atoms with Crippen molar-refractivity contribution in [3.05, 3.63) is 35.9 Å². The van der Waals surface area contributed by atoms with E-state index in [0.717, 1.165) is 18.4 Å². The largest absolute Gasteiger partial charge is 0.475 e. The van der Waals surface area contributed by atoms with E-state index >= 15 is 0 Å². The van der Waals surface area contributed by atoms with E-state index in [9.17, 15) is 24.9 Å². The molecule has 1 fully saturated rings. The van der Waals surface area contributed by atoms with Crippen molar-refractivity contribution in [2.75, 3.05) is 13.1 Å². The molecule has 1 aromatic rings. The number of hydrogen-bond donors (Lipinski definition) is 4. The van der Waals surface area contributed by atoms with Crippen molar-refractivity contribution in [2.24, 2.45) is 11.8 Å². The molecule has 162 valence electrons. The number of urea groups is 1. The minimum Gasteiger partial charge on any atom is -0.426 e. The van der Waals surface area contributed by atoms with Crippen LogP contribution >= 0.6 is 0 Å². The second-order valence-corrected chi connectivity index (χ2v) is 8.20. The van der Waals surface area contributed by atoms with E-state index in [1.54, 1.807) is 4.90 Å². The van der Waals surface area contributed by atoms with Gasteiger partial charge < -0.3 is 25.6 Å². The van der Waals surface area contributed by atoms with Gasteiger partial charge in [0.2, 0.25) is 5.91 Å². The third kappa shape index (κ3) is 7.04. The van der Waals surface area contributed by atoms with Gasteiger partial charge in [-0.25, -0.2) is 4.79 Å². The van der Waals surface area contributed by atoms with Gasteiger partial charge in [-0.2, -0.15) is 5.26 Å². The minimum atomic E-state index is -1.70. The first-order valence-corrected chi connectivity index (χ1v) is 10.5. The van der Waals surface area contributed by atoms with Crippen molar-refractivity contribution in [3.63, 3.8) is 0 Å². The van der Waals surface area contributed by atoms with Crippen molar-refractivity contribution in [1.82, 2.24) is 15.5 Å². The zero-order valence-electron chi connectivity index (χ0n) is 17.6. The lowest BCUT2D eigenvalue weighted by molar-refractivity contribution is -0.134. The van der Waals surface area contributed by atoms with E-state index in [4.69, 9.17) is 0 Å². The van der Waals surface area contributed by atoms with Crippen LogP contribution in [0.3, 0.4) is 0 Å². The number of amides is 3. The standard InChI is InChI=1S/C21H31BN4O4/c1-15(2)11-17(13-23)20(27)26-10-6-9-18(26)14-24-21(28)25-19(22(29)30)12-16-7-4-3-5-8-16/h3-5,7-8,15,17-19,29-30H,6,9-12,14H2,1-2H3,(H2,24,25,28)/t17-,18-,19+/m1/s1. The summed E-state index contributed by atoms with van der Waals surface area (Å²) in [5, 5.41) is 33.9. The highest BCUT2D eigenvalue weighted by molar-refractivity contribution is 6.43. The van der Waals surface area contributed by atoms with Gasteiger partial charge in [-0.05, 0) is 37.2 Å². The molecule has 2 rings (SSSR count). The molecule has 3 atom stereocenters. The van der Waals surface area contributed by atoms with Gasteiger partial charge in [0.1, 0.15) is 5.92 Å². The molecule has 1 aliphatic heterocycles. The SMILES string of the molecule is CC(C)C[C@H](C#N)C(=O)N1CCC[C@@H]1CNC(=O)N[C@@H](Cc1ccccc1)B(O)O. The molecule has 8 nitrogen and oxygen atoms in total. The molecule has 1 saturated heterocycles. The topological polar surface area (TPSA) is 126 Å². The molecule has 0 saturated carbocycles. The molecule has 3 amide bonds. The van der Waals surface area contributed by atoms with Gasteiger partial charge in [0.25, 0.3) is 0 Å². The normalized spacial score (nSPS) is 17.9. The van der Waals surface area contributed by atoms with Crippen LogP contribution in [0.15, 0.2) is 30.3 Å². The number of carbonyl (C=O) groups excluding carboxylic acids is 2. The van der Waals surface area contributed by atoms with Crippen LogP contribution in [0.2, 0.25) is 0 Å². The quantitative estimate of drug-likeness (QED) is 0.450. The van der Waals surface area contributed by atoms with E-state index in [0.29, 0.717) is 13.0 Å². The first kappa shape index (κ1) is 23.7. The Kier molecular flexibility index (Phi) is 9.15. The first-order valence-electron chi connectivity index (χ1n) is 10.5. The maximum atomic E-state index is 12.7. The van der Waals surface area contributed by atoms with Gasteiger partial charge in [0.05, 0.1) is 12.0 Å². The molecule has 0 spiro atoms. The predicted octanol–water partition coefficient (Wildman–Crippen LogP) is 1.09. The predicted molar refractivity (Wildman–Crippen MR) is 114 cm³/mol. The van der Waals surface area contributed by atoms with E-state index in [-0.39, 0.29) is 30.8 Å². The molecular formula is C21H31BN4O4. The number of nitriles is 1. The van der Waals surface area contributed by atoms with Crippen LogP contribution in [0, 0.1) is 23.2 Å². The van der Waals surface area contributed by atoms with Crippen LogP contribution in [0.25, 0.3) is 0 Å². The van der Waals surface area contributed by atoms with Gasteiger partial charge in [0.15, 0.2) is 0 Å². The molecular weight excluding hydrogens is 383 g/mol. The van der Waals surface area contributed by atoms with Crippen LogP contribution < -0.4 is 10.6 Å². The summed E-state index contributed by atoms with van der Waals surface area (Å²) in [5.41, 5.74) is 0.871. The molecule has 1 heterocycles. The zero-order chi connectivity index (χ0) is 22.1. The van der Waals surface area contributed by atoms with Gasteiger partial charge in [-0.15, -0.1) is 0 Å². The van der Waals surface area contributed by atoms with Crippen LogP contribution in [0.5, 0.6) is 0 Å². The lowest BCUT2D eigenvalue weighted by atomic mass is 9.76. The average Bonchev–Trinajstić information content (AvgIpc) is 3.18. The Labute approximate surface area is 178 Å². The van der Waals surface area contributed by atoms with E-state index in [1.807, 2.05) is 44.2 Å². The highest BCUT2D eigenvalue weighted by atomic mass is 16.4. The van der Waals surface area contributed by atoms with Crippen molar-refractivity contribution in [3.8, 4) is 6.07 Å². The van der Waals surface area contributed by atoms with E-state index < -0.39 is 25.0 Å². The first-order chi connectivity index (χ1) is 14.3. The van der Waals surface area contributed by atoms with Crippen molar-refractivity contribution in [1.29, 1.82) is 5.26 Å². The third-order valence-electron chi connectivity index (χ3n) is 5.29. The number of nitrogens with one attached hydrogen (secondary N) is 2. The van der Waals surface area contributed by atoms with E-state index in [1.165, 1.54) is 0 Å². The maximum absolute atomic E-state index is 12.7. The highest BCUT2D eigenvalue weighted by Crippen LogP contribution is 2.22. The summed E-state index contributed by atoms with van der Waals surface area (Å²) in [6.45, 7) is 4.78. The Morgan fingerprint density at radius 3 is 2.60 bits per heavy atom. The van der Waals surface area contributed by atoms with Crippen molar-refractivity contribution < 1.29 is 19.6 Å². The summed E-state index contributed by atoms with van der Waals surface area (Å²) >= 11 is 0. The second-order valence-electron chi connectivity index (χ2n) is 8.20. The Morgan fingerprint density at radius 2 is 2.00 bits per heavy atom. The number of rotatable bonds is 9. The van der Waals surface area contributed by atoms with Crippen LogP contribution in [-0.2, 0) is 11.2 Å². The fraction of sp³-hybridized carbons (Fsp3) is 0.571. The highest BCUT2D eigenvalue weighted by Gasteiger charge is 2.34. The number of hydrogen-bond acceptors (Lipinski definition) is 5. The number of carbonyl (C=O) groups is 2. The monoisotopic (exact) mass is 414 g/mol. The van der Waals surface area contributed by atoms with Crippen LogP contribution in [-0.4, -0.2) is 59.1 Å². The minimum absolute atomic E-state index is 0.169. The fourth-order valence-corrected chi connectivity index (χ4v) is 3.75. The summed E-state index contributed by atoms with van der Waals surface area (Å²) in [4.78, 5) is 26.8. The summed E-state index contributed by atoms with van der Waals surface area (Å²) in [7, 11) is -1.70. The molecule has 0 aromatic heterocycles. The Bertz CT molecular complexity index is 738. The Balaban J connectivity index is 1.89. The van der Waals surface area contributed by atoms with E-state index in [2.05, 4.69) is 16.7 Å². The number of benzene rings is 1. The second kappa shape index (κ2) is 11.6. The molecule has 4 N–H and O–H groups in total. The van der Waals surface area contributed by atoms with Crippen molar-refractivity contribution in [2.45, 2.75) is 51.5 Å². The molecule has 0 bridgehead atoms. The Hall–Kier alpha value is -2.57. The van der Waals surface area contributed by atoms with Crippen molar-refractivity contribution >= 4 is 19.1 Å². The third-order valence-corrected chi connectivity index (χ3v) is 5.29. The Morgan fingerprint density at radius 1 is 1.30 bits per heavy atom. The van der Waals surface area contributed by atoms with Gasteiger partial charge in [-0.1, -0.05) is 44.2 Å². The van der Waals surface area contributed by atoms with Crippen LogP contribution in [0.1, 0.15) is 38.7 Å². The smallest absolute Gasteiger partial charge is 0.426 e. The van der Waals surface area contributed by atoms with Gasteiger partial charge in [-0.3, -0.25) is 4.79 Å². The molecule has 0 radical (unpaired) electrons. The molecule has 30 heavy (non-hydrogen) atoms. The summed E-state index contributed by atoms with van der Waals surface area (Å²) < 4.78 is 0. The molecule has 9 heteroatoms. The molecule has 1 aliphatic rings. The zero-order valence-corrected chi connectivity index (χ0v) is 17.6. The number of nitrogens with zero attached hydrogens (tertiary/aromatic N) is 2. The van der Waals surface area contributed by atoms with Crippen LogP contribution in [0.4, 0.5) is 4.79 Å². The molecule has 1 aromatic carbocycles. The lowest BCUT2D eigenvalue weighted by Crippen LogP contribution is -2.53. The average molecular weight is 414 g/mol. The maximum Gasteiger partial charge on any atom is 0.475 e. The summed E-state index contributed by atoms with van der Waals surface area (Å²) in [6, 6.07) is 10.7. The van der Waals surface area contributed by atoms with Gasteiger partial charge >= 0.3 is 13.1 Å².